The van der Waals surface area contributed by atoms with Gasteiger partial charge in [0, 0.05) is 12.6 Å². The molecule has 0 amide bonds. The Morgan fingerprint density at radius 3 is 2.50 bits per heavy atom. The van der Waals surface area contributed by atoms with Crippen LogP contribution in [-0.2, 0) is 0 Å². The topological polar surface area (TPSA) is 29.3 Å². The Bertz CT molecular complexity index is 113. The quantitative estimate of drug-likeness (QED) is 0.479. The number of hydrogen-bond acceptors (Lipinski definition) is 1. The van der Waals surface area contributed by atoms with Gasteiger partial charge in [-0.25, -0.2) is 0 Å². The maximum absolute atomic E-state index is 5.35. The van der Waals surface area contributed by atoms with E-state index in [0.717, 1.165) is 6.54 Å². The van der Waals surface area contributed by atoms with Crippen molar-refractivity contribution in [3.05, 3.63) is 0 Å². The molecule has 0 aromatic heterocycles. The lowest BCUT2D eigenvalue weighted by Crippen LogP contribution is -2.51. The van der Waals surface area contributed by atoms with Gasteiger partial charge in [0.05, 0.1) is 0 Å². The summed E-state index contributed by atoms with van der Waals surface area (Å²) in [6.07, 6.45) is 1.23. The van der Waals surface area contributed by atoms with Crippen LogP contribution in [0, 0.1) is 0 Å². The van der Waals surface area contributed by atoms with Crippen molar-refractivity contribution in [2.75, 3.05) is 6.54 Å². The van der Waals surface area contributed by atoms with E-state index >= 15 is 0 Å². The molecule has 1 aliphatic heterocycles. The average Bonchev–Trinajstić information content (AvgIpc) is 1.61. The fourth-order valence-corrected chi connectivity index (χ4v) is 1.12. The van der Waals surface area contributed by atoms with Crippen molar-refractivity contribution in [2.45, 2.75) is 19.4 Å². The Balaban J connectivity index is 2.37. The lowest BCUT2D eigenvalue weighted by atomic mass is 10.1. The van der Waals surface area contributed by atoms with Crippen LogP contribution in [0.4, 0.5) is 0 Å². The maximum Gasteiger partial charge on any atom is 0.166 e. The summed E-state index contributed by atoms with van der Waals surface area (Å²) >= 11 is 4.75. The first-order chi connectivity index (χ1) is 3.72. The average molecular weight is 130 g/mol. The highest BCUT2D eigenvalue weighted by Gasteiger charge is 2.23. The standard InChI is InChI=1S/C5H10N2S/c1-4-2-3-7(4)5(6)8/h4H,2-3H2,1H3,(H2,6,8). The number of hydrogen-bond donors (Lipinski definition) is 1. The third-order valence-corrected chi connectivity index (χ3v) is 1.84. The van der Waals surface area contributed by atoms with Crippen molar-refractivity contribution < 1.29 is 0 Å². The van der Waals surface area contributed by atoms with Crippen molar-refractivity contribution in [3.8, 4) is 0 Å². The molecule has 8 heavy (non-hydrogen) atoms. The molecular formula is C5H10N2S. The fraction of sp³-hybridized carbons (Fsp3) is 0.800. The van der Waals surface area contributed by atoms with Crippen molar-refractivity contribution in [2.24, 2.45) is 5.73 Å². The molecular weight excluding hydrogens is 120 g/mol. The molecule has 3 heteroatoms. The van der Waals surface area contributed by atoms with E-state index in [-0.39, 0.29) is 0 Å². The molecule has 1 aliphatic rings. The Hall–Kier alpha value is -0.310. The van der Waals surface area contributed by atoms with Gasteiger partial charge in [0.2, 0.25) is 0 Å². The number of rotatable bonds is 0. The van der Waals surface area contributed by atoms with E-state index in [0.29, 0.717) is 11.2 Å². The first-order valence-electron chi connectivity index (χ1n) is 2.78. The normalized spacial score (nSPS) is 27.1. The number of nitrogens with two attached hydrogens (primary N) is 1. The van der Waals surface area contributed by atoms with Crippen LogP contribution in [0.3, 0.4) is 0 Å². The van der Waals surface area contributed by atoms with Crippen molar-refractivity contribution in [1.29, 1.82) is 0 Å². The molecule has 0 radical (unpaired) electrons. The molecule has 0 aromatic carbocycles. The molecule has 2 nitrogen and oxygen atoms in total. The van der Waals surface area contributed by atoms with E-state index in [1.165, 1.54) is 6.42 Å². The van der Waals surface area contributed by atoms with Crippen LogP contribution in [0.5, 0.6) is 0 Å². The lowest BCUT2D eigenvalue weighted by molar-refractivity contribution is 0.205. The fourth-order valence-electron chi connectivity index (χ4n) is 0.844. The second-order valence-corrected chi connectivity index (χ2v) is 2.59. The molecule has 0 aromatic rings. The molecule has 46 valence electrons. The smallest absolute Gasteiger partial charge is 0.166 e. The molecule has 1 fully saturated rings. The third kappa shape index (κ3) is 0.777. The van der Waals surface area contributed by atoms with Crippen LogP contribution in [0.15, 0.2) is 0 Å². The van der Waals surface area contributed by atoms with E-state index in [9.17, 15) is 0 Å². The monoisotopic (exact) mass is 130 g/mol. The molecule has 0 saturated carbocycles. The van der Waals surface area contributed by atoms with Crippen LogP contribution in [-0.4, -0.2) is 22.6 Å². The Kier molecular flexibility index (Phi) is 1.38. The van der Waals surface area contributed by atoms with Gasteiger partial charge < -0.3 is 10.6 Å². The summed E-state index contributed by atoms with van der Waals surface area (Å²) in [5, 5.41) is 0.545. The summed E-state index contributed by atoms with van der Waals surface area (Å²) in [7, 11) is 0. The van der Waals surface area contributed by atoms with Gasteiger partial charge in [-0.2, -0.15) is 0 Å². The van der Waals surface area contributed by atoms with Gasteiger partial charge in [0.25, 0.3) is 0 Å². The predicted octanol–water partition coefficient (Wildman–Crippen LogP) is 0.324. The number of nitrogens with zero attached hydrogens (tertiary/aromatic N) is 1. The van der Waals surface area contributed by atoms with Gasteiger partial charge in [-0.1, -0.05) is 0 Å². The Morgan fingerprint density at radius 1 is 1.88 bits per heavy atom. The first kappa shape index (κ1) is 5.82. The minimum atomic E-state index is 0.545. The zero-order valence-corrected chi connectivity index (χ0v) is 5.74. The molecule has 0 aliphatic carbocycles. The Labute approximate surface area is 54.7 Å². The molecule has 1 unspecified atom stereocenters. The zero-order valence-electron chi connectivity index (χ0n) is 4.92. The van der Waals surface area contributed by atoms with Crippen LogP contribution in [0.25, 0.3) is 0 Å². The van der Waals surface area contributed by atoms with E-state index in [1.807, 2.05) is 4.90 Å². The van der Waals surface area contributed by atoms with Gasteiger partial charge in [-0.15, -0.1) is 0 Å². The van der Waals surface area contributed by atoms with Crippen LogP contribution < -0.4 is 5.73 Å². The summed E-state index contributed by atoms with van der Waals surface area (Å²) in [5.41, 5.74) is 5.35. The van der Waals surface area contributed by atoms with Crippen LogP contribution >= 0.6 is 12.2 Å². The molecule has 1 atom stereocenters. The molecule has 1 saturated heterocycles. The predicted molar refractivity (Wildman–Crippen MR) is 37.6 cm³/mol. The molecule has 1 rings (SSSR count). The summed E-state index contributed by atoms with van der Waals surface area (Å²) in [6.45, 7) is 3.18. The van der Waals surface area contributed by atoms with Crippen molar-refractivity contribution in [1.82, 2.24) is 4.90 Å². The SMILES string of the molecule is CC1CCN1C(N)=S. The Morgan fingerprint density at radius 2 is 2.50 bits per heavy atom. The summed E-state index contributed by atoms with van der Waals surface area (Å²) in [4.78, 5) is 2.02. The minimum Gasteiger partial charge on any atom is -0.376 e. The van der Waals surface area contributed by atoms with E-state index in [4.69, 9.17) is 18.0 Å². The van der Waals surface area contributed by atoms with Gasteiger partial charge in [0.15, 0.2) is 5.11 Å². The minimum absolute atomic E-state index is 0.545. The van der Waals surface area contributed by atoms with Crippen LogP contribution in [0.2, 0.25) is 0 Å². The maximum atomic E-state index is 5.35. The van der Waals surface area contributed by atoms with E-state index in [1.54, 1.807) is 0 Å². The molecule has 0 bridgehead atoms. The highest BCUT2D eigenvalue weighted by Crippen LogP contribution is 2.14. The number of likely N-dealkylation sites (tertiary alicyclic amines) is 1. The highest BCUT2D eigenvalue weighted by molar-refractivity contribution is 7.80. The van der Waals surface area contributed by atoms with Crippen LogP contribution in [0.1, 0.15) is 13.3 Å². The van der Waals surface area contributed by atoms with Crippen molar-refractivity contribution >= 4 is 17.3 Å². The molecule has 0 spiro atoms. The van der Waals surface area contributed by atoms with Gasteiger partial charge in [-0.05, 0) is 25.6 Å². The van der Waals surface area contributed by atoms with E-state index < -0.39 is 0 Å². The van der Waals surface area contributed by atoms with Gasteiger partial charge in [-0.3, -0.25) is 0 Å². The largest absolute Gasteiger partial charge is 0.376 e. The first-order valence-corrected chi connectivity index (χ1v) is 3.18. The zero-order chi connectivity index (χ0) is 6.15. The van der Waals surface area contributed by atoms with Gasteiger partial charge in [0.1, 0.15) is 0 Å². The molecule has 1 heterocycles. The summed E-state index contributed by atoms with van der Waals surface area (Å²) in [5.74, 6) is 0. The molecule has 2 N–H and O–H groups in total. The lowest BCUT2D eigenvalue weighted by Gasteiger charge is -2.39. The van der Waals surface area contributed by atoms with Gasteiger partial charge >= 0.3 is 0 Å². The number of thiocarbonyl (C=S) groups is 1. The van der Waals surface area contributed by atoms with Crippen molar-refractivity contribution in [3.63, 3.8) is 0 Å². The highest BCUT2D eigenvalue weighted by atomic mass is 32.1. The summed E-state index contributed by atoms with van der Waals surface area (Å²) < 4.78 is 0. The van der Waals surface area contributed by atoms with E-state index in [2.05, 4.69) is 6.92 Å². The second-order valence-electron chi connectivity index (χ2n) is 2.17. The third-order valence-electron chi connectivity index (χ3n) is 1.60. The second kappa shape index (κ2) is 1.90. The summed E-state index contributed by atoms with van der Waals surface area (Å²) in [6, 6.07) is 0.590.